The number of nitrogens with one attached hydrogen (secondary N) is 1. The third-order valence-electron chi connectivity index (χ3n) is 3.67. The molecule has 1 fully saturated rings. The van der Waals surface area contributed by atoms with E-state index in [4.69, 9.17) is 16.0 Å². The predicted octanol–water partition coefficient (Wildman–Crippen LogP) is 3.12. The number of carbonyl (C=O) groups excluding carboxylic acids is 1. The standard InChI is InChI=1S/C14H14ClNO2/c1-8(10-6-16-7-10)13(17)12-5-9-3-2-4-11(15)14(9)18-12/h2-5,8,10,16H,6-7H2,1H3. The summed E-state index contributed by atoms with van der Waals surface area (Å²) >= 11 is 6.04. The molecule has 18 heavy (non-hydrogen) atoms. The second kappa shape index (κ2) is 4.41. The van der Waals surface area contributed by atoms with Gasteiger partial charge in [-0.05, 0) is 31.1 Å². The highest BCUT2D eigenvalue weighted by molar-refractivity contribution is 6.34. The van der Waals surface area contributed by atoms with Crippen LogP contribution < -0.4 is 5.32 Å². The number of hydrogen-bond acceptors (Lipinski definition) is 3. The molecule has 0 spiro atoms. The van der Waals surface area contributed by atoms with Gasteiger partial charge in [0.05, 0.1) is 5.02 Å². The number of hydrogen-bond donors (Lipinski definition) is 1. The maximum atomic E-state index is 12.3. The number of furan rings is 1. The number of ketones is 1. The van der Waals surface area contributed by atoms with Crippen molar-refractivity contribution in [3.63, 3.8) is 0 Å². The maximum absolute atomic E-state index is 12.3. The first-order valence-corrected chi connectivity index (χ1v) is 6.47. The average Bonchev–Trinajstić information content (AvgIpc) is 2.71. The van der Waals surface area contributed by atoms with E-state index in [1.165, 1.54) is 0 Å². The van der Waals surface area contributed by atoms with Crippen LogP contribution in [0.3, 0.4) is 0 Å². The average molecular weight is 264 g/mol. The van der Waals surface area contributed by atoms with Gasteiger partial charge in [-0.2, -0.15) is 0 Å². The Labute approximate surface area is 110 Å². The van der Waals surface area contributed by atoms with E-state index in [2.05, 4.69) is 5.32 Å². The van der Waals surface area contributed by atoms with Crippen molar-refractivity contribution in [3.05, 3.63) is 35.0 Å². The molecule has 0 amide bonds. The number of benzene rings is 1. The molecular formula is C14H14ClNO2. The second-order valence-corrected chi connectivity index (χ2v) is 5.25. The summed E-state index contributed by atoms with van der Waals surface area (Å²) in [6, 6.07) is 7.30. The van der Waals surface area contributed by atoms with Gasteiger partial charge in [-0.1, -0.05) is 30.7 Å². The van der Waals surface area contributed by atoms with E-state index in [0.717, 1.165) is 18.5 Å². The number of halogens is 1. The van der Waals surface area contributed by atoms with Crippen molar-refractivity contribution < 1.29 is 9.21 Å². The minimum absolute atomic E-state index is 0.00872. The summed E-state index contributed by atoms with van der Waals surface area (Å²) in [5.41, 5.74) is 0.599. The summed E-state index contributed by atoms with van der Waals surface area (Å²) in [6.45, 7) is 3.78. The summed E-state index contributed by atoms with van der Waals surface area (Å²) in [7, 11) is 0. The highest BCUT2D eigenvalue weighted by atomic mass is 35.5. The summed E-state index contributed by atoms with van der Waals surface area (Å²) in [5.74, 6) is 0.887. The van der Waals surface area contributed by atoms with E-state index in [-0.39, 0.29) is 11.7 Å². The van der Waals surface area contributed by atoms with Crippen molar-refractivity contribution in [3.8, 4) is 0 Å². The van der Waals surface area contributed by atoms with E-state index < -0.39 is 0 Å². The van der Waals surface area contributed by atoms with Crippen LogP contribution in [-0.2, 0) is 0 Å². The van der Waals surface area contributed by atoms with Crippen LogP contribution in [0.4, 0.5) is 0 Å². The molecule has 1 aromatic heterocycles. The van der Waals surface area contributed by atoms with E-state index in [1.54, 1.807) is 12.1 Å². The monoisotopic (exact) mass is 263 g/mol. The third kappa shape index (κ3) is 1.84. The zero-order chi connectivity index (χ0) is 12.7. The Hall–Kier alpha value is -1.32. The van der Waals surface area contributed by atoms with Gasteiger partial charge < -0.3 is 9.73 Å². The molecule has 1 unspecified atom stereocenters. The molecule has 1 aromatic carbocycles. The lowest BCUT2D eigenvalue weighted by molar-refractivity contribution is 0.0827. The van der Waals surface area contributed by atoms with E-state index in [1.807, 2.05) is 19.1 Å². The minimum Gasteiger partial charge on any atom is -0.451 e. The maximum Gasteiger partial charge on any atom is 0.201 e. The molecule has 4 heteroatoms. The fourth-order valence-corrected chi connectivity index (χ4v) is 2.47. The summed E-state index contributed by atoms with van der Waals surface area (Å²) in [4.78, 5) is 12.3. The van der Waals surface area contributed by atoms with Gasteiger partial charge in [0, 0.05) is 11.3 Å². The van der Waals surface area contributed by atoms with E-state index in [9.17, 15) is 4.79 Å². The predicted molar refractivity (Wildman–Crippen MR) is 71.1 cm³/mol. The van der Waals surface area contributed by atoms with Crippen molar-refractivity contribution in [2.75, 3.05) is 13.1 Å². The molecule has 1 atom stereocenters. The lowest BCUT2D eigenvalue weighted by Gasteiger charge is -2.31. The first-order valence-electron chi connectivity index (χ1n) is 6.10. The second-order valence-electron chi connectivity index (χ2n) is 4.84. The largest absolute Gasteiger partial charge is 0.451 e. The van der Waals surface area contributed by atoms with Crippen LogP contribution in [0.25, 0.3) is 11.0 Å². The third-order valence-corrected chi connectivity index (χ3v) is 3.97. The number of Topliss-reactive ketones (excluding diaryl/α,β-unsaturated/α-hetero) is 1. The van der Waals surface area contributed by atoms with Gasteiger partial charge >= 0.3 is 0 Å². The minimum atomic E-state index is -0.00872. The lowest BCUT2D eigenvalue weighted by atomic mass is 9.85. The Balaban J connectivity index is 1.94. The molecule has 1 aliphatic rings. The molecule has 0 saturated carbocycles. The molecule has 94 valence electrons. The van der Waals surface area contributed by atoms with Crippen molar-refractivity contribution in [2.45, 2.75) is 6.92 Å². The van der Waals surface area contributed by atoms with Gasteiger partial charge in [0.2, 0.25) is 5.78 Å². The Morgan fingerprint density at radius 1 is 1.50 bits per heavy atom. The van der Waals surface area contributed by atoms with Crippen molar-refractivity contribution >= 4 is 28.4 Å². The highest BCUT2D eigenvalue weighted by Crippen LogP contribution is 2.29. The van der Waals surface area contributed by atoms with Crippen LogP contribution in [0.1, 0.15) is 17.5 Å². The molecule has 1 N–H and O–H groups in total. The van der Waals surface area contributed by atoms with Gasteiger partial charge in [-0.15, -0.1) is 0 Å². The molecule has 3 rings (SSSR count). The van der Waals surface area contributed by atoms with Crippen LogP contribution in [0.5, 0.6) is 0 Å². The van der Waals surface area contributed by atoms with Gasteiger partial charge in [0.25, 0.3) is 0 Å². The summed E-state index contributed by atoms with van der Waals surface area (Å²) in [6.07, 6.45) is 0. The van der Waals surface area contributed by atoms with Gasteiger partial charge in [0.15, 0.2) is 11.3 Å². The number of fused-ring (bicyclic) bond motifs is 1. The van der Waals surface area contributed by atoms with Crippen molar-refractivity contribution in [2.24, 2.45) is 11.8 Å². The Morgan fingerprint density at radius 3 is 2.89 bits per heavy atom. The van der Waals surface area contributed by atoms with Gasteiger partial charge in [-0.3, -0.25) is 4.79 Å². The van der Waals surface area contributed by atoms with Crippen LogP contribution in [0.15, 0.2) is 28.7 Å². The smallest absolute Gasteiger partial charge is 0.201 e. The molecule has 0 radical (unpaired) electrons. The molecule has 2 aromatic rings. The van der Waals surface area contributed by atoms with Crippen molar-refractivity contribution in [1.82, 2.24) is 5.32 Å². The normalized spacial score (nSPS) is 17.7. The number of carbonyl (C=O) groups is 1. The van der Waals surface area contributed by atoms with Crippen LogP contribution in [-0.4, -0.2) is 18.9 Å². The van der Waals surface area contributed by atoms with E-state index in [0.29, 0.717) is 22.3 Å². The fraction of sp³-hybridized carbons (Fsp3) is 0.357. The topological polar surface area (TPSA) is 42.2 Å². The first-order chi connectivity index (χ1) is 8.66. The zero-order valence-electron chi connectivity index (χ0n) is 10.1. The molecule has 3 nitrogen and oxygen atoms in total. The molecule has 1 saturated heterocycles. The Kier molecular flexibility index (Phi) is 2.88. The molecule has 2 heterocycles. The molecule has 0 aliphatic carbocycles. The Morgan fingerprint density at radius 2 is 2.28 bits per heavy atom. The number of rotatable bonds is 3. The number of para-hydroxylation sites is 1. The van der Waals surface area contributed by atoms with Crippen molar-refractivity contribution in [1.29, 1.82) is 0 Å². The zero-order valence-corrected chi connectivity index (χ0v) is 10.8. The van der Waals surface area contributed by atoms with Crippen LogP contribution >= 0.6 is 11.6 Å². The molecular weight excluding hydrogens is 250 g/mol. The highest BCUT2D eigenvalue weighted by Gasteiger charge is 2.31. The lowest BCUT2D eigenvalue weighted by Crippen LogP contribution is -2.47. The molecule has 1 aliphatic heterocycles. The van der Waals surface area contributed by atoms with Crippen LogP contribution in [0, 0.1) is 11.8 Å². The summed E-state index contributed by atoms with van der Waals surface area (Å²) < 4.78 is 5.60. The Bertz CT molecular complexity index is 601. The fourth-order valence-electron chi connectivity index (χ4n) is 2.25. The quantitative estimate of drug-likeness (QED) is 0.865. The van der Waals surface area contributed by atoms with E-state index >= 15 is 0 Å². The SMILES string of the molecule is CC(C(=O)c1cc2cccc(Cl)c2o1)C1CNC1. The summed E-state index contributed by atoms with van der Waals surface area (Å²) in [5, 5.41) is 4.61. The van der Waals surface area contributed by atoms with Gasteiger partial charge in [-0.25, -0.2) is 0 Å². The van der Waals surface area contributed by atoms with Gasteiger partial charge in [0.1, 0.15) is 0 Å². The van der Waals surface area contributed by atoms with Crippen LogP contribution in [0.2, 0.25) is 5.02 Å². The first kappa shape index (κ1) is 11.8. The molecule has 0 bridgehead atoms.